The van der Waals surface area contributed by atoms with Crippen molar-refractivity contribution in [3.63, 3.8) is 0 Å². The lowest BCUT2D eigenvalue weighted by Crippen LogP contribution is -2.43. The van der Waals surface area contributed by atoms with E-state index in [0.29, 0.717) is 17.6 Å². The van der Waals surface area contributed by atoms with E-state index in [0.717, 1.165) is 25.2 Å². The molecule has 0 aromatic heterocycles. The van der Waals surface area contributed by atoms with Gasteiger partial charge in [-0.15, -0.1) is 0 Å². The Hall–Kier alpha value is -1.02. The highest BCUT2D eigenvalue weighted by atomic mass is 16.3. The number of aliphatic hydroxyl groups is 1. The second-order valence-electron chi connectivity index (χ2n) is 7.44. The molecule has 4 rings (SSSR count). The fraction of sp³-hybridized carbons (Fsp3) is 0.700. The minimum atomic E-state index is -0.0883. The summed E-state index contributed by atoms with van der Waals surface area (Å²) in [6.45, 7) is 6.32. The van der Waals surface area contributed by atoms with Gasteiger partial charge in [0.15, 0.2) is 0 Å². The number of aryl methyl sites for hydroxylation is 1. The molecule has 0 aliphatic heterocycles. The van der Waals surface area contributed by atoms with Crippen LogP contribution >= 0.6 is 0 Å². The van der Waals surface area contributed by atoms with E-state index < -0.39 is 0 Å². The molecule has 3 aliphatic carbocycles. The molecule has 1 aromatic carbocycles. The van der Waals surface area contributed by atoms with Crippen molar-refractivity contribution in [2.45, 2.75) is 71.3 Å². The predicted molar refractivity (Wildman–Crippen MR) is 90.1 cm³/mol. The molecule has 3 unspecified atom stereocenters. The van der Waals surface area contributed by atoms with E-state index in [4.69, 9.17) is 0 Å². The van der Waals surface area contributed by atoms with Gasteiger partial charge < -0.3 is 10.2 Å². The molecule has 0 radical (unpaired) electrons. The number of phenolic OH excluding ortho intramolecular Hbond substituents is 1. The maximum absolute atomic E-state index is 10.4. The Morgan fingerprint density at radius 3 is 2.64 bits per heavy atom. The van der Waals surface area contributed by atoms with Crippen molar-refractivity contribution in [2.24, 2.45) is 17.3 Å². The lowest BCUT2D eigenvalue weighted by Gasteiger charge is -2.50. The van der Waals surface area contributed by atoms with E-state index in [2.05, 4.69) is 13.0 Å². The first kappa shape index (κ1) is 15.9. The van der Waals surface area contributed by atoms with Gasteiger partial charge in [0.25, 0.3) is 0 Å². The number of hydrogen-bond donors (Lipinski definition) is 2. The summed E-state index contributed by atoms with van der Waals surface area (Å²) in [6.07, 6.45) is 6.78. The highest BCUT2D eigenvalue weighted by Gasteiger charge is 2.54. The summed E-state index contributed by atoms with van der Waals surface area (Å²) in [5.41, 5.74) is 2.99. The summed E-state index contributed by atoms with van der Waals surface area (Å²) in [4.78, 5) is 0. The first-order valence-electron chi connectivity index (χ1n) is 9.09. The van der Waals surface area contributed by atoms with E-state index in [1.54, 1.807) is 0 Å². The molecule has 0 heterocycles. The number of aliphatic hydroxyl groups excluding tert-OH is 1. The van der Waals surface area contributed by atoms with Crippen LogP contribution < -0.4 is 0 Å². The largest absolute Gasteiger partial charge is 0.508 e. The lowest BCUT2D eigenvalue weighted by atomic mass is 9.55. The molecule has 0 saturated heterocycles. The van der Waals surface area contributed by atoms with Crippen LogP contribution in [0.3, 0.4) is 0 Å². The van der Waals surface area contributed by atoms with Gasteiger partial charge in [-0.05, 0) is 85.0 Å². The van der Waals surface area contributed by atoms with Crippen LogP contribution in [0.15, 0.2) is 18.2 Å². The monoisotopic (exact) mass is 302 g/mol. The standard InChI is InChI=1S/C18H24O2.C2H6/c1-18-9-8-14-13-5-3-12(19)10-11(13)2-4-15(14)16(18)6-7-17(18)20;1-2/h3,5,10,14-17,19-20H,2,4,6-9H2,1H3;1-2H3/t14?,15?,16?,17-,18-;/m0./s1. The number of aromatic hydroxyl groups is 1. The zero-order chi connectivity index (χ0) is 15.9. The second-order valence-corrected chi connectivity index (χ2v) is 7.44. The summed E-state index contributed by atoms with van der Waals surface area (Å²) in [7, 11) is 0. The Kier molecular flexibility index (Phi) is 4.24. The van der Waals surface area contributed by atoms with Crippen LogP contribution in [-0.2, 0) is 6.42 Å². The zero-order valence-electron chi connectivity index (χ0n) is 14.2. The second kappa shape index (κ2) is 5.88. The molecule has 22 heavy (non-hydrogen) atoms. The third kappa shape index (κ3) is 2.27. The van der Waals surface area contributed by atoms with Gasteiger partial charge >= 0.3 is 0 Å². The Morgan fingerprint density at radius 1 is 1.09 bits per heavy atom. The summed E-state index contributed by atoms with van der Waals surface area (Å²) in [5.74, 6) is 2.49. The van der Waals surface area contributed by atoms with Gasteiger partial charge in [-0.2, -0.15) is 0 Å². The zero-order valence-corrected chi connectivity index (χ0v) is 14.2. The van der Waals surface area contributed by atoms with Crippen LogP contribution in [0.1, 0.15) is 69.9 Å². The molecule has 3 aliphatic rings. The van der Waals surface area contributed by atoms with Crippen molar-refractivity contribution in [1.29, 1.82) is 0 Å². The molecule has 122 valence electrons. The molecule has 2 heteroatoms. The summed E-state index contributed by atoms with van der Waals surface area (Å²) < 4.78 is 0. The van der Waals surface area contributed by atoms with Crippen molar-refractivity contribution < 1.29 is 10.2 Å². The van der Waals surface area contributed by atoms with E-state index >= 15 is 0 Å². The summed E-state index contributed by atoms with van der Waals surface area (Å²) in [6, 6.07) is 5.96. The van der Waals surface area contributed by atoms with Gasteiger partial charge in [0.05, 0.1) is 6.10 Å². The molecule has 0 bridgehead atoms. The van der Waals surface area contributed by atoms with Gasteiger partial charge in [0.2, 0.25) is 0 Å². The number of fused-ring (bicyclic) bond motifs is 5. The predicted octanol–water partition coefficient (Wildman–Crippen LogP) is 4.64. The molecule has 2 fully saturated rings. The highest BCUT2D eigenvalue weighted by molar-refractivity contribution is 5.40. The smallest absolute Gasteiger partial charge is 0.115 e. The molecule has 2 saturated carbocycles. The Bertz CT molecular complexity index is 539. The van der Waals surface area contributed by atoms with Gasteiger partial charge in [-0.25, -0.2) is 0 Å². The maximum atomic E-state index is 10.4. The van der Waals surface area contributed by atoms with Crippen molar-refractivity contribution in [2.75, 3.05) is 0 Å². The van der Waals surface area contributed by atoms with Gasteiger partial charge in [-0.3, -0.25) is 0 Å². The Morgan fingerprint density at radius 2 is 1.86 bits per heavy atom. The van der Waals surface area contributed by atoms with Gasteiger partial charge in [0, 0.05) is 0 Å². The summed E-state index contributed by atoms with van der Waals surface area (Å²) in [5, 5.41) is 20.0. The molecular weight excluding hydrogens is 272 g/mol. The number of phenols is 1. The Balaban J connectivity index is 0.000000693. The van der Waals surface area contributed by atoms with Crippen LogP contribution in [0.5, 0.6) is 5.75 Å². The molecule has 1 aromatic rings. The third-order valence-electron chi connectivity index (χ3n) is 6.66. The van der Waals surface area contributed by atoms with Gasteiger partial charge in [0.1, 0.15) is 5.75 Å². The van der Waals surface area contributed by atoms with E-state index in [1.165, 1.54) is 30.4 Å². The van der Waals surface area contributed by atoms with Crippen LogP contribution in [0.2, 0.25) is 0 Å². The van der Waals surface area contributed by atoms with E-state index in [-0.39, 0.29) is 11.5 Å². The SMILES string of the molecule is CC.C[C@]12CCC3c4ccc(O)cc4CCC3C1CC[C@@H]2O. The van der Waals surface area contributed by atoms with Crippen molar-refractivity contribution in [3.05, 3.63) is 29.3 Å². The first-order chi connectivity index (χ1) is 10.6. The fourth-order valence-electron chi connectivity index (χ4n) is 5.54. The fourth-order valence-corrected chi connectivity index (χ4v) is 5.54. The average Bonchev–Trinajstić information content (AvgIpc) is 2.84. The van der Waals surface area contributed by atoms with Crippen LogP contribution in [0.4, 0.5) is 0 Å². The molecule has 0 amide bonds. The van der Waals surface area contributed by atoms with Crippen molar-refractivity contribution >= 4 is 0 Å². The van der Waals surface area contributed by atoms with Gasteiger partial charge in [-0.1, -0.05) is 26.8 Å². The highest BCUT2D eigenvalue weighted by Crippen LogP contribution is 2.60. The lowest BCUT2D eigenvalue weighted by molar-refractivity contribution is -0.0226. The topological polar surface area (TPSA) is 40.5 Å². The van der Waals surface area contributed by atoms with Crippen molar-refractivity contribution in [1.82, 2.24) is 0 Å². The quantitative estimate of drug-likeness (QED) is 0.733. The summed E-state index contributed by atoms with van der Waals surface area (Å²) >= 11 is 0. The van der Waals surface area contributed by atoms with Crippen LogP contribution in [0, 0.1) is 17.3 Å². The number of hydrogen-bond acceptors (Lipinski definition) is 2. The Labute approximate surface area is 134 Å². The minimum absolute atomic E-state index is 0.0883. The van der Waals surface area contributed by atoms with E-state index in [1.807, 2.05) is 26.0 Å². The third-order valence-corrected chi connectivity index (χ3v) is 6.66. The first-order valence-corrected chi connectivity index (χ1v) is 9.09. The minimum Gasteiger partial charge on any atom is -0.508 e. The maximum Gasteiger partial charge on any atom is 0.115 e. The van der Waals surface area contributed by atoms with Crippen LogP contribution in [-0.4, -0.2) is 16.3 Å². The molecular formula is C20H30O2. The van der Waals surface area contributed by atoms with Crippen molar-refractivity contribution in [3.8, 4) is 5.75 Å². The molecule has 0 spiro atoms. The molecule has 5 atom stereocenters. The van der Waals surface area contributed by atoms with E-state index in [9.17, 15) is 10.2 Å². The normalized spacial score (nSPS) is 39.1. The number of rotatable bonds is 0. The molecule has 2 nitrogen and oxygen atoms in total. The average molecular weight is 302 g/mol. The van der Waals surface area contributed by atoms with Crippen LogP contribution in [0.25, 0.3) is 0 Å². The molecule has 2 N–H and O–H groups in total. The number of benzene rings is 1.